The van der Waals surface area contributed by atoms with Crippen LogP contribution < -0.4 is 5.32 Å². The van der Waals surface area contributed by atoms with E-state index in [0.717, 1.165) is 11.3 Å². The molecule has 1 N–H and O–H groups in total. The number of benzene rings is 2. The van der Waals surface area contributed by atoms with Gasteiger partial charge in [0.25, 0.3) is 5.91 Å². The molecule has 0 saturated heterocycles. The highest BCUT2D eigenvalue weighted by Gasteiger charge is 2.14. The van der Waals surface area contributed by atoms with Crippen LogP contribution in [0.2, 0.25) is 0 Å². The Morgan fingerprint density at radius 2 is 1.74 bits per heavy atom. The SMILES string of the molecule is CC(C)c1ccccc1NC(=O)COC(=O)c1ccccc1Br. The van der Waals surface area contributed by atoms with Crippen molar-refractivity contribution in [2.24, 2.45) is 0 Å². The van der Waals surface area contributed by atoms with Gasteiger partial charge in [0.05, 0.1) is 5.56 Å². The van der Waals surface area contributed by atoms with Gasteiger partial charge in [0, 0.05) is 10.2 Å². The van der Waals surface area contributed by atoms with Crippen LogP contribution in [0.4, 0.5) is 5.69 Å². The molecule has 4 nitrogen and oxygen atoms in total. The normalized spacial score (nSPS) is 10.4. The summed E-state index contributed by atoms with van der Waals surface area (Å²) in [5.41, 5.74) is 2.17. The molecule has 0 aromatic heterocycles. The number of carbonyl (C=O) groups excluding carboxylic acids is 2. The van der Waals surface area contributed by atoms with Crippen LogP contribution in [-0.2, 0) is 9.53 Å². The van der Waals surface area contributed by atoms with Crippen LogP contribution in [0.1, 0.15) is 35.7 Å². The van der Waals surface area contributed by atoms with E-state index >= 15 is 0 Å². The summed E-state index contributed by atoms with van der Waals surface area (Å²) in [6, 6.07) is 14.5. The Morgan fingerprint density at radius 1 is 1.09 bits per heavy atom. The zero-order valence-electron chi connectivity index (χ0n) is 13.0. The third-order valence-corrected chi connectivity index (χ3v) is 3.98. The average molecular weight is 376 g/mol. The number of esters is 1. The van der Waals surface area contributed by atoms with E-state index in [0.29, 0.717) is 10.0 Å². The molecule has 2 aromatic rings. The number of amides is 1. The Bertz CT molecular complexity index is 713. The topological polar surface area (TPSA) is 55.4 Å². The Hall–Kier alpha value is -2.14. The average Bonchev–Trinajstić information content (AvgIpc) is 2.53. The van der Waals surface area contributed by atoms with Crippen LogP contribution >= 0.6 is 15.9 Å². The van der Waals surface area contributed by atoms with Gasteiger partial charge >= 0.3 is 5.97 Å². The van der Waals surface area contributed by atoms with Crippen molar-refractivity contribution in [1.82, 2.24) is 0 Å². The number of carbonyl (C=O) groups is 2. The van der Waals surface area contributed by atoms with Gasteiger partial charge in [-0.3, -0.25) is 4.79 Å². The number of para-hydroxylation sites is 1. The van der Waals surface area contributed by atoms with E-state index in [1.54, 1.807) is 24.3 Å². The minimum absolute atomic E-state index is 0.286. The first-order chi connectivity index (χ1) is 11.0. The summed E-state index contributed by atoms with van der Waals surface area (Å²) in [4.78, 5) is 24.0. The van der Waals surface area contributed by atoms with Gasteiger partial charge < -0.3 is 10.1 Å². The van der Waals surface area contributed by atoms with E-state index in [1.807, 2.05) is 24.3 Å². The molecule has 2 aromatic carbocycles. The Balaban J connectivity index is 1.96. The first kappa shape index (κ1) is 17.2. The lowest BCUT2D eigenvalue weighted by Gasteiger charge is -2.13. The lowest BCUT2D eigenvalue weighted by molar-refractivity contribution is -0.119. The molecule has 0 bridgehead atoms. The summed E-state index contributed by atoms with van der Waals surface area (Å²) in [5.74, 6) is -0.613. The highest BCUT2D eigenvalue weighted by Crippen LogP contribution is 2.23. The van der Waals surface area contributed by atoms with Gasteiger partial charge in [-0.1, -0.05) is 44.2 Å². The summed E-state index contributed by atoms with van der Waals surface area (Å²) in [7, 11) is 0. The van der Waals surface area contributed by atoms with E-state index in [2.05, 4.69) is 35.1 Å². The fraction of sp³-hybridized carbons (Fsp3) is 0.222. The molecule has 1 amide bonds. The number of halogens is 1. The van der Waals surface area contributed by atoms with Crippen molar-refractivity contribution in [2.75, 3.05) is 11.9 Å². The molecule has 0 saturated carbocycles. The second kappa shape index (κ2) is 7.92. The van der Waals surface area contributed by atoms with Crippen molar-refractivity contribution in [1.29, 1.82) is 0 Å². The monoisotopic (exact) mass is 375 g/mol. The summed E-state index contributed by atoms with van der Waals surface area (Å²) in [5, 5.41) is 2.79. The molecule has 0 radical (unpaired) electrons. The van der Waals surface area contributed by atoms with Crippen molar-refractivity contribution in [3.05, 3.63) is 64.1 Å². The van der Waals surface area contributed by atoms with E-state index in [9.17, 15) is 9.59 Å². The fourth-order valence-electron chi connectivity index (χ4n) is 2.14. The van der Waals surface area contributed by atoms with Gasteiger partial charge in [-0.2, -0.15) is 0 Å². The Morgan fingerprint density at radius 3 is 2.43 bits per heavy atom. The van der Waals surface area contributed by atoms with Crippen LogP contribution in [-0.4, -0.2) is 18.5 Å². The largest absolute Gasteiger partial charge is 0.452 e. The van der Waals surface area contributed by atoms with Crippen LogP contribution in [0.15, 0.2) is 53.0 Å². The molecule has 2 rings (SSSR count). The molecule has 0 heterocycles. The van der Waals surface area contributed by atoms with E-state index in [1.165, 1.54) is 0 Å². The van der Waals surface area contributed by atoms with Gasteiger partial charge in [0.15, 0.2) is 6.61 Å². The molecule has 120 valence electrons. The standard InChI is InChI=1S/C18H18BrNO3/c1-12(2)13-7-4-6-10-16(13)20-17(21)11-23-18(22)14-8-3-5-9-15(14)19/h3-10,12H,11H2,1-2H3,(H,20,21). The van der Waals surface area contributed by atoms with Crippen molar-refractivity contribution in [3.8, 4) is 0 Å². The van der Waals surface area contributed by atoms with Crippen molar-refractivity contribution in [2.45, 2.75) is 19.8 Å². The minimum atomic E-state index is -0.537. The number of hydrogen-bond acceptors (Lipinski definition) is 3. The van der Waals surface area contributed by atoms with Crippen molar-refractivity contribution in [3.63, 3.8) is 0 Å². The van der Waals surface area contributed by atoms with E-state index in [-0.39, 0.29) is 18.4 Å². The van der Waals surface area contributed by atoms with Crippen molar-refractivity contribution >= 4 is 33.5 Å². The maximum atomic E-state index is 12.0. The smallest absolute Gasteiger partial charge is 0.339 e. The Labute approximate surface area is 144 Å². The van der Waals surface area contributed by atoms with Crippen LogP contribution in [0.25, 0.3) is 0 Å². The number of nitrogens with one attached hydrogen (secondary N) is 1. The number of ether oxygens (including phenoxy) is 1. The van der Waals surface area contributed by atoms with E-state index in [4.69, 9.17) is 4.74 Å². The predicted octanol–water partition coefficient (Wildman–Crippen LogP) is 4.37. The first-order valence-corrected chi connectivity index (χ1v) is 8.08. The zero-order valence-corrected chi connectivity index (χ0v) is 14.6. The Kier molecular flexibility index (Phi) is 5.93. The molecule has 5 heteroatoms. The summed E-state index contributed by atoms with van der Waals surface area (Å²) in [6.45, 7) is 3.78. The molecule has 0 aliphatic carbocycles. The summed E-state index contributed by atoms with van der Waals surface area (Å²) < 4.78 is 5.70. The van der Waals surface area contributed by atoms with Crippen LogP contribution in [0.5, 0.6) is 0 Å². The molecule has 0 atom stereocenters. The summed E-state index contributed by atoms with van der Waals surface area (Å²) in [6.07, 6.45) is 0. The van der Waals surface area contributed by atoms with Crippen molar-refractivity contribution < 1.29 is 14.3 Å². The second-order valence-electron chi connectivity index (χ2n) is 5.35. The number of rotatable bonds is 5. The first-order valence-electron chi connectivity index (χ1n) is 7.29. The van der Waals surface area contributed by atoms with E-state index < -0.39 is 5.97 Å². The molecule has 0 unspecified atom stereocenters. The third kappa shape index (κ3) is 4.66. The second-order valence-corrected chi connectivity index (χ2v) is 6.20. The molecule has 23 heavy (non-hydrogen) atoms. The summed E-state index contributed by atoms with van der Waals surface area (Å²) >= 11 is 3.28. The lowest BCUT2D eigenvalue weighted by atomic mass is 10.0. The maximum absolute atomic E-state index is 12.0. The highest BCUT2D eigenvalue weighted by molar-refractivity contribution is 9.10. The molecular weight excluding hydrogens is 358 g/mol. The fourth-order valence-corrected chi connectivity index (χ4v) is 2.58. The molecular formula is C18H18BrNO3. The number of anilines is 1. The molecule has 0 aliphatic heterocycles. The molecule has 0 spiro atoms. The zero-order chi connectivity index (χ0) is 16.8. The van der Waals surface area contributed by atoms with Gasteiger partial charge in [0.1, 0.15) is 0 Å². The van der Waals surface area contributed by atoms with Gasteiger partial charge in [-0.05, 0) is 45.6 Å². The predicted molar refractivity (Wildman–Crippen MR) is 93.6 cm³/mol. The third-order valence-electron chi connectivity index (χ3n) is 3.29. The number of hydrogen-bond donors (Lipinski definition) is 1. The van der Waals surface area contributed by atoms with Crippen LogP contribution in [0, 0.1) is 0 Å². The maximum Gasteiger partial charge on any atom is 0.339 e. The highest BCUT2D eigenvalue weighted by atomic mass is 79.9. The van der Waals surface area contributed by atoms with Crippen LogP contribution in [0.3, 0.4) is 0 Å². The molecule has 0 aliphatic rings. The molecule has 0 fully saturated rings. The van der Waals surface area contributed by atoms with Gasteiger partial charge in [-0.15, -0.1) is 0 Å². The minimum Gasteiger partial charge on any atom is -0.452 e. The quantitative estimate of drug-likeness (QED) is 0.789. The lowest BCUT2D eigenvalue weighted by Crippen LogP contribution is -2.21. The van der Waals surface area contributed by atoms with Gasteiger partial charge in [-0.25, -0.2) is 4.79 Å². The van der Waals surface area contributed by atoms with Gasteiger partial charge in [0.2, 0.25) is 0 Å².